The van der Waals surface area contributed by atoms with Crippen LogP contribution in [0.2, 0.25) is 0 Å². The van der Waals surface area contributed by atoms with Crippen LogP contribution in [0.3, 0.4) is 0 Å². The number of hydrogen-bond donors (Lipinski definition) is 2. The van der Waals surface area contributed by atoms with Crippen LogP contribution in [0.5, 0.6) is 11.5 Å². The summed E-state index contributed by atoms with van der Waals surface area (Å²) < 4.78 is 16.3. The topological polar surface area (TPSA) is 68.8 Å². The molecule has 3 aromatic rings. The Kier molecular flexibility index (Phi) is 7.55. The summed E-state index contributed by atoms with van der Waals surface area (Å²) in [6.45, 7) is 3.07. The van der Waals surface area contributed by atoms with Gasteiger partial charge in [0, 0.05) is 18.3 Å². The number of methoxy groups -OCH3 is 1. The fraction of sp³-hybridized carbons (Fsp3) is 0.208. The van der Waals surface area contributed by atoms with Crippen molar-refractivity contribution in [1.82, 2.24) is 0 Å². The molecule has 0 unspecified atom stereocenters. The Hall–Kier alpha value is -3.67. The highest BCUT2D eigenvalue weighted by molar-refractivity contribution is 5.87. The predicted molar refractivity (Wildman–Crippen MR) is 118 cm³/mol. The molecule has 0 fully saturated rings. The molecule has 156 valence electrons. The van der Waals surface area contributed by atoms with E-state index in [2.05, 4.69) is 10.6 Å². The van der Waals surface area contributed by atoms with Gasteiger partial charge in [-0.15, -0.1) is 0 Å². The lowest BCUT2D eigenvalue weighted by atomic mass is 10.2. The predicted octanol–water partition coefficient (Wildman–Crippen LogP) is 5.45. The van der Waals surface area contributed by atoms with Crippen molar-refractivity contribution in [1.29, 1.82) is 0 Å². The van der Waals surface area contributed by atoms with Gasteiger partial charge in [-0.05, 0) is 42.3 Å². The second kappa shape index (κ2) is 10.8. The Morgan fingerprint density at radius 2 is 1.73 bits per heavy atom. The van der Waals surface area contributed by atoms with Gasteiger partial charge in [-0.25, -0.2) is 4.79 Å². The quantitative estimate of drug-likeness (QED) is 0.494. The van der Waals surface area contributed by atoms with Gasteiger partial charge >= 0.3 is 6.09 Å². The molecule has 0 heterocycles. The monoisotopic (exact) mass is 406 g/mol. The molecule has 0 aliphatic heterocycles. The van der Waals surface area contributed by atoms with Gasteiger partial charge in [0.05, 0.1) is 19.4 Å². The molecule has 6 heteroatoms. The molecule has 0 bridgehead atoms. The number of ether oxygens (including phenoxy) is 3. The van der Waals surface area contributed by atoms with Gasteiger partial charge in [0.1, 0.15) is 18.1 Å². The molecule has 0 aromatic heterocycles. The summed E-state index contributed by atoms with van der Waals surface area (Å²) in [6.07, 6.45) is -0.515. The van der Waals surface area contributed by atoms with Crippen molar-refractivity contribution in [2.45, 2.75) is 20.1 Å². The highest BCUT2D eigenvalue weighted by Gasteiger charge is 2.10. The van der Waals surface area contributed by atoms with Crippen molar-refractivity contribution >= 4 is 17.5 Å². The van der Waals surface area contributed by atoms with E-state index in [4.69, 9.17) is 14.2 Å². The molecule has 0 saturated carbocycles. The first kappa shape index (κ1) is 21.0. The van der Waals surface area contributed by atoms with Gasteiger partial charge in [-0.2, -0.15) is 0 Å². The Morgan fingerprint density at radius 1 is 0.933 bits per heavy atom. The second-order valence-corrected chi connectivity index (χ2v) is 6.54. The molecule has 0 radical (unpaired) electrons. The molecule has 1 amide bonds. The van der Waals surface area contributed by atoms with Gasteiger partial charge in [0.25, 0.3) is 0 Å². The van der Waals surface area contributed by atoms with Gasteiger partial charge in [-0.3, -0.25) is 5.32 Å². The molecule has 0 saturated heterocycles. The minimum Gasteiger partial charge on any atom is -0.497 e. The highest BCUT2D eigenvalue weighted by Crippen LogP contribution is 2.30. The summed E-state index contributed by atoms with van der Waals surface area (Å²) >= 11 is 0. The molecule has 0 aliphatic carbocycles. The summed E-state index contributed by atoms with van der Waals surface area (Å²) in [5, 5.41) is 6.11. The van der Waals surface area contributed by atoms with Crippen molar-refractivity contribution in [3.05, 3.63) is 83.9 Å². The Morgan fingerprint density at radius 3 is 2.50 bits per heavy atom. The molecule has 2 N–H and O–H groups in total. The van der Waals surface area contributed by atoms with E-state index in [9.17, 15) is 4.79 Å². The van der Waals surface area contributed by atoms with Gasteiger partial charge in [-0.1, -0.05) is 42.5 Å². The van der Waals surface area contributed by atoms with Crippen LogP contribution in [0, 0.1) is 0 Å². The third kappa shape index (κ3) is 6.17. The number of carbonyl (C=O) groups excluding carboxylic acids is 1. The summed E-state index contributed by atoms with van der Waals surface area (Å²) in [6, 6.07) is 23.3. The van der Waals surface area contributed by atoms with Crippen LogP contribution >= 0.6 is 0 Å². The van der Waals surface area contributed by atoms with E-state index in [0.29, 0.717) is 31.2 Å². The van der Waals surface area contributed by atoms with Crippen LogP contribution in [-0.2, 0) is 17.9 Å². The fourth-order valence-corrected chi connectivity index (χ4v) is 2.85. The van der Waals surface area contributed by atoms with Crippen LogP contribution < -0.4 is 20.1 Å². The van der Waals surface area contributed by atoms with E-state index in [1.807, 2.05) is 66.7 Å². The van der Waals surface area contributed by atoms with Gasteiger partial charge in [0.2, 0.25) is 0 Å². The standard InChI is InChI=1S/C24H26N2O4/c1-3-29-24(27)26-22-13-12-20(25-16-19-10-7-11-21(14-19)28-2)15-23(22)30-17-18-8-5-4-6-9-18/h4-15,25H,3,16-17H2,1-2H3,(H,26,27). The van der Waals surface area contributed by atoms with E-state index in [0.717, 1.165) is 22.6 Å². The number of carbonyl (C=O) groups is 1. The van der Waals surface area contributed by atoms with Crippen LogP contribution in [0.1, 0.15) is 18.1 Å². The van der Waals surface area contributed by atoms with Gasteiger partial charge < -0.3 is 19.5 Å². The molecule has 3 rings (SSSR count). The Bertz CT molecular complexity index is 960. The number of nitrogens with one attached hydrogen (secondary N) is 2. The minimum absolute atomic E-state index is 0.298. The van der Waals surface area contributed by atoms with Crippen molar-refractivity contribution in [3.63, 3.8) is 0 Å². The lowest BCUT2D eigenvalue weighted by Gasteiger charge is -2.15. The number of rotatable bonds is 9. The number of amides is 1. The van der Waals surface area contributed by atoms with E-state index >= 15 is 0 Å². The SMILES string of the molecule is CCOC(=O)Nc1ccc(NCc2cccc(OC)c2)cc1OCc1ccccc1. The second-order valence-electron chi connectivity index (χ2n) is 6.54. The average Bonchev–Trinajstić information content (AvgIpc) is 2.78. The molecule has 0 aliphatic rings. The molecule has 0 spiro atoms. The van der Waals surface area contributed by atoms with Crippen molar-refractivity contribution in [2.24, 2.45) is 0 Å². The van der Waals surface area contributed by atoms with Crippen LogP contribution in [0.15, 0.2) is 72.8 Å². The normalized spacial score (nSPS) is 10.2. The van der Waals surface area contributed by atoms with E-state index < -0.39 is 6.09 Å². The number of hydrogen-bond acceptors (Lipinski definition) is 5. The molecular weight excluding hydrogens is 380 g/mol. The Balaban J connectivity index is 1.74. The maximum atomic E-state index is 11.9. The zero-order valence-corrected chi connectivity index (χ0v) is 17.2. The minimum atomic E-state index is -0.515. The number of benzene rings is 3. The molecule has 30 heavy (non-hydrogen) atoms. The smallest absolute Gasteiger partial charge is 0.411 e. The maximum Gasteiger partial charge on any atom is 0.411 e. The largest absolute Gasteiger partial charge is 0.497 e. The first-order valence-corrected chi connectivity index (χ1v) is 9.79. The number of anilines is 2. The van der Waals surface area contributed by atoms with E-state index in [-0.39, 0.29) is 0 Å². The first-order valence-electron chi connectivity index (χ1n) is 9.79. The summed E-state index contributed by atoms with van der Waals surface area (Å²) in [4.78, 5) is 11.9. The van der Waals surface area contributed by atoms with Gasteiger partial charge in [0.15, 0.2) is 0 Å². The zero-order valence-electron chi connectivity index (χ0n) is 17.2. The summed E-state index contributed by atoms with van der Waals surface area (Å²) in [5.74, 6) is 1.37. The molecule has 3 aromatic carbocycles. The lowest BCUT2D eigenvalue weighted by Crippen LogP contribution is -2.14. The third-order valence-electron chi connectivity index (χ3n) is 4.36. The third-order valence-corrected chi connectivity index (χ3v) is 4.36. The summed E-state index contributed by atoms with van der Waals surface area (Å²) in [7, 11) is 1.65. The maximum absolute atomic E-state index is 11.9. The molecule has 6 nitrogen and oxygen atoms in total. The average molecular weight is 406 g/mol. The molecular formula is C24H26N2O4. The van der Waals surface area contributed by atoms with E-state index in [1.54, 1.807) is 20.1 Å². The zero-order chi connectivity index (χ0) is 21.2. The van der Waals surface area contributed by atoms with Crippen LogP contribution in [0.25, 0.3) is 0 Å². The van der Waals surface area contributed by atoms with E-state index in [1.165, 1.54) is 0 Å². The van der Waals surface area contributed by atoms with Crippen molar-refractivity contribution in [2.75, 3.05) is 24.4 Å². The fourth-order valence-electron chi connectivity index (χ4n) is 2.85. The first-order chi connectivity index (χ1) is 14.7. The van der Waals surface area contributed by atoms with Crippen LogP contribution in [0.4, 0.5) is 16.2 Å². The van der Waals surface area contributed by atoms with Crippen LogP contribution in [-0.4, -0.2) is 19.8 Å². The summed E-state index contributed by atoms with van der Waals surface area (Å²) in [5.41, 5.74) is 3.55. The molecule has 0 atom stereocenters. The highest BCUT2D eigenvalue weighted by atomic mass is 16.5. The Labute approximate surface area is 176 Å². The van der Waals surface area contributed by atoms with Crippen molar-refractivity contribution < 1.29 is 19.0 Å². The van der Waals surface area contributed by atoms with Crippen molar-refractivity contribution in [3.8, 4) is 11.5 Å². The lowest BCUT2D eigenvalue weighted by molar-refractivity contribution is 0.167.